The molecule has 1 aliphatic heterocycles. The lowest BCUT2D eigenvalue weighted by Gasteiger charge is -2.45. The second-order valence-corrected chi connectivity index (χ2v) is 8.62. The number of nitrogens with zero attached hydrogens (tertiary/aromatic N) is 1. The molecule has 0 spiro atoms. The largest absolute Gasteiger partial charge is 0.493 e. The minimum atomic E-state index is -1.26. The summed E-state index contributed by atoms with van der Waals surface area (Å²) in [6, 6.07) is 6.74. The Morgan fingerprint density at radius 1 is 1.12 bits per heavy atom. The molecule has 1 aromatic carbocycles. The maximum atomic E-state index is 12.6. The Labute approximate surface area is 187 Å². The molecule has 0 saturated carbocycles. The molecule has 0 saturated heterocycles. The third kappa shape index (κ3) is 4.57. The van der Waals surface area contributed by atoms with Gasteiger partial charge in [-0.05, 0) is 23.8 Å². The Morgan fingerprint density at radius 3 is 2.50 bits per heavy atom. The summed E-state index contributed by atoms with van der Waals surface area (Å²) in [7, 11) is 4.91. The molecule has 3 rings (SSSR count). The summed E-state index contributed by atoms with van der Waals surface area (Å²) >= 11 is 0. The summed E-state index contributed by atoms with van der Waals surface area (Å²) in [5.74, 6) is -0.559. The Bertz CT molecular complexity index is 1030. The van der Waals surface area contributed by atoms with Crippen molar-refractivity contribution >= 4 is 5.97 Å². The molecular formula is C24H31NO7. The molecule has 0 fully saturated rings. The topological polar surface area (TPSA) is 96.2 Å². The molecule has 2 aromatic rings. The van der Waals surface area contributed by atoms with Crippen LogP contribution in [0.25, 0.3) is 11.3 Å². The molecule has 0 amide bonds. The Hall–Kier alpha value is -2.68. The van der Waals surface area contributed by atoms with Gasteiger partial charge in [-0.3, -0.25) is 4.79 Å². The number of aromatic carboxylic acids is 1. The molecule has 0 bridgehead atoms. The quantitative estimate of drug-likeness (QED) is 0.559. The molecular weight excluding hydrogens is 414 g/mol. The van der Waals surface area contributed by atoms with Gasteiger partial charge in [0.15, 0.2) is 5.43 Å². The number of methoxy groups -OCH3 is 3. The van der Waals surface area contributed by atoms with Crippen LogP contribution in [0.4, 0.5) is 0 Å². The van der Waals surface area contributed by atoms with Crippen molar-refractivity contribution in [1.29, 1.82) is 0 Å². The highest BCUT2D eigenvalue weighted by Gasteiger charge is 2.43. The minimum Gasteiger partial charge on any atom is -0.493 e. The first kappa shape index (κ1) is 24.0. The van der Waals surface area contributed by atoms with Crippen LogP contribution in [0.3, 0.4) is 0 Å². The van der Waals surface area contributed by atoms with Gasteiger partial charge < -0.3 is 28.6 Å². The first-order chi connectivity index (χ1) is 15.2. The molecule has 0 aliphatic carbocycles. The highest BCUT2D eigenvalue weighted by atomic mass is 16.5. The van der Waals surface area contributed by atoms with E-state index in [9.17, 15) is 14.7 Å². The summed E-state index contributed by atoms with van der Waals surface area (Å²) in [4.78, 5) is 24.2. The van der Waals surface area contributed by atoms with Crippen LogP contribution in [0.2, 0.25) is 0 Å². The Balaban J connectivity index is 2.18. The first-order valence-electron chi connectivity index (χ1n) is 10.5. The maximum Gasteiger partial charge on any atom is 0.341 e. The van der Waals surface area contributed by atoms with E-state index in [4.69, 9.17) is 18.9 Å². The van der Waals surface area contributed by atoms with Crippen molar-refractivity contribution in [3.8, 4) is 17.0 Å². The monoisotopic (exact) mass is 445 g/mol. The zero-order valence-corrected chi connectivity index (χ0v) is 19.2. The van der Waals surface area contributed by atoms with Gasteiger partial charge >= 0.3 is 5.97 Å². The predicted octanol–water partition coefficient (Wildman–Crippen LogP) is 3.54. The maximum absolute atomic E-state index is 12.6. The lowest BCUT2D eigenvalue weighted by atomic mass is 9.76. The fraction of sp³-hybridized carbons (Fsp3) is 0.500. The molecule has 32 heavy (non-hydrogen) atoms. The zero-order chi connectivity index (χ0) is 23.5. The van der Waals surface area contributed by atoms with E-state index >= 15 is 0 Å². The SMILES string of the molecule is COCCCOc1ccc2c(c1)C(OC)C(C(C)(C)COC)n1cc(C(=O)O)c(=O)cc1-2. The van der Waals surface area contributed by atoms with Gasteiger partial charge in [-0.1, -0.05) is 13.8 Å². The van der Waals surface area contributed by atoms with E-state index in [0.29, 0.717) is 31.3 Å². The first-order valence-corrected chi connectivity index (χ1v) is 10.5. The van der Waals surface area contributed by atoms with Crippen molar-refractivity contribution < 1.29 is 28.8 Å². The number of carbonyl (C=O) groups is 1. The van der Waals surface area contributed by atoms with Crippen molar-refractivity contribution in [3.63, 3.8) is 0 Å². The molecule has 8 nitrogen and oxygen atoms in total. The third-order valence-corrected chi connectivity index (χ3v) is 5.83. The number of rotatable bonds is 10. The van der Waals surface area contributed by atoms with Crippen LogP contribution in [-0.4, -0.2) is 56.8 Å². The Kier molecular flexibility index (Phi) is 7.38. The van der Waals surface area contributed by atoms with Crippen LogP contribution in [0, 0.1) is 5.41 Å². The van der Waals surface area contributed by atoms with Gasteiger partial charge in [0, 0.05) is 57.6 Å². The molecule has 8 heteroatoms. The lowest BCUT2D eigenvalue weighted by Crippen LogP contribution is -2.40. The van der Waals surface area contributed by atoms with Crippen molar-refractivity contribution in [2.75, 3.05) is 41.2 Å². The molecule has 2 atom stereocenters. The minimum absolute atomic E-state index is 0.275. The highest BCUT2D eigenvalue weighted by Crippen LogP contribution is 2.50. The molecule has 2 heterocycles. The number of hydrogen-bond acceptors (Lipinski definition) is 6. The predicted molar refractivity (Wildman–Crippen MR) is 120 cm³/mol. The fourth-order valence-corrected chi connectivity index (χ4v) is 4.46. The second kappa shape index (κ2) is 9.85. The standard InChI is InChI=1S/C24H31NO7/c1-24(2,14-30-4)22-21(31-5)17-11-15(32-10-6-9-29-3)7-8-16(17)19-12-20(26)18(23(27)28)13-25(19)22/h7-8,11-13,21-22H,6,9-10,14H2,1-5H3,(H,27,28). The number of ether oxygens (including phenoxy) is 4. The Morgan fingerprint density at radius 2 is 1.88 bits per heavy atom. The highest BCUT2D eigenvalue weighted by molar-refractivity contribution is 5.87. The molecule has 2 unspecified atom stereocenters. The van der Waals surface area contributed by atoms with E-state index in [1.165, 1.54) is 12.3 Å². The van der Waals surface area contributed by atoms with E-state index in [1.54, 1.807) is 21.3 Å². The molecule has 1 N–H and O–H groups in total. The second-order valence-electron chi connectivity index (χ2n) is 8.62. The van der Waals surface area contributed by atoms with Crippen LogP contribution in [0.15, 0.2) is 35.3 Å². The van der Waals surface area contributed by atoms with E-state index in [-0.39, 0.29) is 11.6 Å². The summed E-state index contributed by atoms with van der Waals surface area (Å²) in [6.07, 6.45) is 1.78. The van der Waals surface area contributed by atoms with Gasteiger partial charge in [0.2, 0.25) is 0 Å². The van der Waals surface area contributed by atoms with E-state index in [1.807, 2.05) is 36.6 Å². The molecule has 174 valence electrons. The van der Waals surface area contributed by atoms with Crippen LogP contribution < -0.4 is 10.2 Å². The molecule has 1 aliphatic rings. The molecule has 0 radical (unpaired) electrons. The van der Waals surface area contributed by atoms with Gasteiger partial charge in [0.1, 0.15) is 17.4 Å². The number of pyridine rings is 1. The normalized spacial score (nSPS) is 17.5. The van der Waals surface area contributed by atoms with E-state index in [2.05, 4.69) is 0 Å². The zero-order valence-electron chi connectivity index (χ0n) is 19.2. The summed E-state index contributed by atoms with van der Waals surface area (Å²) < 4.78 is 24.3. The van der Waals surface area contributed by atoms with Crippen LogP contribution in [0.5, 0.6) is 5.75 Å². The van der Waals surface area contributed by atoms with Gasteiger partial charge in [-0.2, -0.15) is 0 Å². The number of aromatic nitrogens is 1. The average Bonchev–Trinajstić information content (AvgIpc) is 2.75. The van der Waals surface area contributed by atoms with Crippen molar-refractivity contribution in [2.24, 2.45) is 5.41 Å². The summed E-state index contributed by atoms with van der Waals surface area (Å²) in [5.41, 5.74) is 1.08. The van der Waals surface area contributed by atoms with Crippen molar-refractivity contribution in [1.82, 2.24) is 4.57 Å². The van der Waals surface area contributed by atoms with Crippen LogP contribution in [-0.2, 0) is 14.2 Å². The van der Waals surface area contributed by atoms with Gasteiger partial charge in [0.05, 0.1) is 24.9 Å². The van der Waals surface area contributed by atoms with E-state index < -0.39 is 22.9 Å². The fourth-order valence-electron chi connectivity index (χ4n) is 4.46. The van der Waals surface area contributed by atoms with Gasteiger partial charge in [-0.25, -0.2) is 4.79 Å². The summed E-state index contributed by atoms with van der Waals surface area (Å²) in [6.45, 7) is 5.60. The number of fused-ring (bicyclic) bond motifs is 3. The van der Waals surface area contributed by atoms with Crippen LogP contribution >= 0.6 is 0 Å². The smallest absolute Gasteiger partial charge is 0.341 e. The van der Waals surface area contributed by atoms with Crippen molar-refractivity contribution in [2.45, 2.75) is 32.4 Å². The summed E-state index contributed by atoms with van der Waals surface area (Å²) in [5, 5.41) is 9.54. The third-order valence-electron chi connectivity index (χ3n) is 5.83. The number of benzene rings is 1. The lowest BCUT2D eigenvalue weighted by molar-refractivity contribution is -0.0288. The van der Waals surface area contributed by atoms with Gasteiger partial charge in [0.25, 0.3) is 0 Å². The van der Waals surface area contributed by atoms with Crippen molar-refractivity contribution in [3.05, 3.63) is 51.8 Å². The average molecular weight is 446 g/mol. The number of carboxylic acid groups (broad SMARTS) is 1. The molecule has 1 aromatic heterocycles. The number of hydrogen-bond donors (Lipinski definition) is 1. The van der Waals surface area contributed by atoms with E-state index in [0.717, 1.165) is 17.5 Å². The number of carboxylic acids is 1. The van der Waals surface area contributed by atoms with Crippen LogP contribution in [0.1, 0.15) is 48.3 Å². The van der Waals surface area contributed by atoms with Gasteiger partial charge in [-0.15, -0.1) is 0 Å².